The van der Waals surface area contributed by atoms with E-state index >= 15 is 0 Å². The third-order valence-electron chi connectivity index (χ3n) is 3.95. The second-order valence-electron chi connectivity index (χ2n) is 5.89. The minimum atomic E-state index is -1.18. The lowest BCUT2D eigenvalue weighted by molar-refractivity contribution is 0.0694. The Balaban J connectivity index is 1.71. The number of phenols is 1. The van der Waals surface area contributed by atoms with Crippen LogP contribution in [0.2, 0.25) is 0 Å². The molecule has 1 heterocycles. The molecule has 134 valence electrons. The number of furan rings is 1. The maximum Gasteiger partial charge on any atom is 0.339 e. The fraction of sp³-hybridized carbons (Fsp3) is 0.150. The Morgan fingerprint density at radius 2 is 1.92 bits per heavy atom. The van der Waals surface area contributed by atoms with Gasteiger partial charge < -0.3 is 25.3 Å². The van der Waals surface area contributed by atoms with Crippen LogP contribution in [0.3, 0.4) is 0 Å². The van der Waals surface area contributed by atoms with Crippen LogP contribution in [0.15, 0.2) is 59.0 Å². The number of carboxylic acid groups (broad SMARTS) is 1. The second-order valence-corrected chi connectivity index (χ2v) is 5.89. The first-order valence-corrected chi connectivity index (χ1v) is 8.19. The Morgan fingerprint density at radius 3 is 2.69 bits per heavy atom. The van der Waals surface area contributed by atoms with E-state index in [9.17, 15) is 9.90 Å². The predicted octanol–water partition coefficient (Wildman–Crippen LogP) is 3.68. The van der Waals surface area contributed by atoms with Gasteiger partial charge in [0.25, 0.3) is 0 Å². The van der Waals surface area contributed by atoms with E-state index in [4.69, 9.17) is 9.52 Å². The topological polar surface area (TPSA) is 94.7 Å². The first-order chi connectivity index (χ1) is 12.6. The van der Waals surface area contributed by atoms with Crippen molar-refractivity contribution in [3.05, 3.63) is 71.5 Å². The van der Waals surface area contributed by atoms with Gasteiger partial charge in [0.2, 0.25) is 0 Å². The Hall–Kier alpha value is -3.25. The molecule has 0 aliphatic carbocycles. The van der Waals surface area contributed by atoms with E-state index in [1.54, 1.807) is 12.1 Å². The Bertz CT molecular complexity index is 918. The summed E-state index contributed by atoms with van der Waals surface area (Å²) in [7, 11) is 1.91. The van der Waals surface area contributed by atoms with Crippen molar-refractivity contribution in [1.29, 1.82) is 0 Å². The monoisotopic (exact) mass is 352 g/mol. The molecule has 0 saturated heterocycles. The van der Waals surface area contributed by atoms with Crippen LogP contribution in [0.1, 0.15) is 21.7 Å². The van der Waals surface area contributed by atoms with E-state index in [1.807, 2.05) is 25.2 Å². The quantitative estimate of drug-likeness (QED) is 0.518. The summed E-state index contributed by atoms with van der Waals surface area (Å²) in [5.74, 6) is -0.174. The van der Waals surface area contributed by atoms with Crippen molar-refractivity contribution < 1.29 is 19.4 Å². The lowest BCUT2D eigenvalue weighted by Gasteiger charge is -2.07. The summed E-state index contributed by atoms with van der Waals surface area (Å²) in [4.78, 5) is 11.1. The van der Waals surface area contributed by atoms with Crippen LogP contribution in [0, 0.1) is 0 Å². The lowest BCUT2D eigenvalue weighted by atomic mass is 10.1. The minimum Gasteiger partial charge on any atom is -0.507 e. The molecule has 0 unspecified atom stereocenters. The number of aromatic hydroxyl groups is 1. The van der Waals surface area contributed by atoms with E-state index in [0.29, 0.717) is 17.9 Å². The van der Waals surface area contributed by atoms with Crippen molar-refractivity contribution in [2.75, 3.05) is 12.4 Å². The largest absolute Gasteiger partial charge is 0.507 e. The highest BCUT2D eigenvalue weighted by atomic mass is 16.4. The second kappa shape index (κ2) is 7.76. The van der Waals surface area contributed by atoms with Gasteiger partial charge in [0, 0.05) is 17.8 Å². The van der Waals surface area contributed by atoms with Crippen LogP contribution < -0.4 is 10.6 Å². The van der Waals surface area contributed by atoms with Gasteiger partial charge in [-0.1, -0.05) is 12.1 Å². The summed E-state index contributed by atoms with van der Waals surface area (Å²) in [6.07, 6.45) is 0. The van der Waals surface area contributed by atoms with Gasteiger partial charge in [0.05, 0.1) is 6.54 Å². The molecular weight excluding hydrogens is 332 g/mol. The van der Waals surface area contributed by atoms with Gasteiger partial charge in [0.1, 0.15) is 22.8 Å². The fourth-order valence-corrected chi connectivity index (χ4v) is 2.67. The number of aromatic carboxylic acids is 1. The molecule has 0 radical (unpaired) electrons. The van der Waals surface area contributed by atoms with Crippen molar-refractivity contribution in [3.8, 4) is 17.1 Å². The van der Waals surface area contributed by atoms with E-state index < -0.39 is 5.97 Å². The van der Waals surface area contributed by atoms with Crippen LogP contribution >= 0.6 is 0 Å². The van der Waals surface area contributed by atoms with Gasteiger partial charge in [0.15, 0.2) is 0 Å². The fourth-order valence-electron chi connectivity index (χ4n) is 2.67. The van der Waals surface area contributed by atoms with E-state index in [0.717, 1.165) is 18.0 Å². The number of nitrogens with one attached hydrogen (secondary N) is 2. The number of rotatable bonds is 7. The highest BCUT2D eigenvalue weighted by Gasteiger charge is 2.13. The highest BCUT2D eigenvalue weighted by Crippen LogP contribution is 2.27. The third kappa shape index (κ3) is 4.04. The molecule has 6 nitrogen and oxygen atoms in total. The summed E-state index contributed by atoms with van der Waals surface area (Å²) in [5, 5.41) is 25.1. The number of hydrogen-bond donors (Lipinski definition) is 4. The van der Waals surface area contributed by atoms with Crippen molar-refractivity contribution >= 4 is 11.7 Å². The smallest absolute Gasteiger partial charge is 0.339 e. The Morgan fingerprint density at radius 1 is 1.08 bits per heavy atom. The molecule has 3 aromatic rings. The van der Waals surface area contributed by atoms with Crippen LogP contribution in [-0.2, 0) is 13.1 Å². The first-order valence-electron chi connectivity index (χ1n) is 8.19. The van der Waals surface area contributed by atoms with Crippen LogP contribution in [0.25, 0.3) is 11.3 Å². The molecule has 1 aromatic heterocycles. The van der Waals surface area contributed by atoms with Crippen molar-refractivity contribution in [2.24, 2.45) is 0 Å². The van der Waals surface area contributed by atoms with Crippen molar-refractivity contribution in [2.45, 2.75) is 13.1 Å². The summed E-state index contributed by atoms with van der Waals surface area (Å²) < 4.78 is 5.79. The maximum absolute atomic E-state index is 11.1. The maximum atomic E-state index is 11.1. The molecule has 6 heteroatoms. The Kier molecular flexibility index (Phi) is 5.24. The van der Waals surface area contributed by atoms with Gasteiger partial charge in [-0.3, -0.25) is 0 Å². The third-order valence-corrected chi connectivity index (χ3v) is 3.95. The van der Waals surface area contributed by atoms with Crippen molar-refractivity contribution in [1.82, 2.24) is 5.32 Å². The zero-order valence-electron chi connectivity index (χ0n) is 14.3. The molecule has 0 atom stereocenters. The molecule has 0 spiro atoms. The number of hydrogen-bond acceptors (Lipinski definition) is 5. The molecule has 3 rings (SSSR count). The van der Waals surface area contributed by atoms with E-state index in [1.165, 1.54) is 17.7 Å². The number of carbonyl (C=O) groups is 1. The lowest BCUT2D eigenvalue weighted by Crippen LogP contribution is -2.05. The summed E-state index contributed by atoms with van der Waals surface area (Å²) in [6, 6.07) is 16.1. The molecule has 4 N–H and O–H groups in total. The summed E-state index contributed by atoms with van der Waals surface area (Å²) in [6.45, 7) is 1.31. The zero-order valence-corrected chi connectivity index (χ0v) is 14.3. The number of carboxylic acids is 1. The van der Waals surface area contributed by atoms with Gasteiger partial charge >= 0.3 is 5.97 Å². The molecule has 26 heavy (non-hydrogen) atoms. The summed E-state index contributed by atoms with van der Waals surface area (Å²) in [5.41, 5.74) is 2.62. The summed E-state index contributed by atoms with van der Waals surface area (Å²) >= 11 is 0. The average molecular weight is 352 g/mol. The predicted molar refractivity (Wildman–Crippen MR) is 99.3 cm³/mol. The SMILES string of the molecule is CNCc1cccc(NCc2ccc(-c3ccc(O)c(C(=O)O)c3)o2)c1. The Labute approximate surface area is 151 Å². The molecule has 0 fully saturated rings. The van der Waals surface area contributed by atoms with Gasteiger partial charge in [-0.05, 0) is 55.1 Å². The van der Waals surface area contributed by atoms with Crippen LogP contribution in [0.5, 0.6) is 5.75 Å². The molecule has 0 aliphatic rings. The van der Waals surface area contributed by atoms with Crippen molar-refractivity contribution in [3.63, 3.8) is 0 Å². The minimum absolute atomic E-state index is 0.153. The van der Waals surface area contributed by atoms with Crippen LogP contribution in [0.4, 0.5) is 5.69 Å². The van der Waals surface area contributed by atoms with E-state index in [2.05, 4.69) is 22.8 Å². The molecule has 0 saturated carbocycles. The molecule has 0 bridgehead atoms. The first kappa shape index (κ1) is 17.6. The number of benzene rings is 2. The number of anilines is 1. The highest BCUT2D eigenvalue weighted by molar-refractivity contribution is 5.92. The van der Waals surface area contributed by atoms with Gasteiger partial charge in [-0.25, -0.2) is 4.79 Å². The molecule has 0 amide bonds. The average Bonchev–Trinajstić information content (AvgIpc) is 3.10. The van der Waals surface area contributed by atoms with Crippen LogP contribution in [-0.4, -0.2) is 23.2 Å². The standard InChI is InChI=1S/C20H20N2O4/c1-21-11-13-3-2-4-15(9-13)22-12-16-6-8-19(26-16)14-5-7-18(23)17(10-14)20(24)25/h2-10,21-23H,11-12H2,1H3,(H,24,25). The molecule has 2 aromatic carbocycles. The van der Waals surface area contributed by atoms with Gasteiger partial charge in [-0.15, -0.1) is 0 Å². The van der Waals surface area contributed by atoms with E-state index in [-0.39, 0.29) is 11.3 Å². The normalized spacial score (nSPS) is 10.7. The molecular formula is C20H20N2O4. The molecule has 0 aliphatic heterocycles. The van der Waals surface area contributed by atoms with Gasteiger partial charge in [-0.2, -0.15) is 0 Å². The zero-order chi connectivity index (χ0) is 18.5.